The van der Waals surface area contributed by atoms with E-state index in [0.29, 0.717) is 24.7 Å². The van der Waals surface area contributed by atoms with Gasteiger partial charge in [0.05, 0.1) is 19.6 Å². The van der Waals surface area contributed by atoms with Gasteiger partial charge in [-0.15, -0.1) is 0 Å². The van der Waals surface area contributed by atoms with E-state index in [9.17, 15) is 4.79 Å². The van der Waals surface area contributed by atoms with Crippen molar-refractivity contribution in [1.29, 1.82) is 0 Å². The summed E-state index contributed by atoms with van der Waals surface area (Å²) in [6.45, 7) is 4.92. The monoisotopic (exact) mass is 468 g/mol. The summed E-state index contributed by atoms with van der Waals surface area (Å²) in [4.78, 5) is 16.6. The largest absolute Gasteiger partial charge is 0.490 e. The van der Waals surface area contributed by atoms with Gasteiger partial charge in [-0.2, -0.15) is 0 Å². The molecular weight excluding hydrogens is 444 g/mol. The number of ether oxygens (including phenoxy) is 2. The smallest absolute Gasteiger partial charge is 0.228 e. The van der Waals surface area contributed by atoms with Crippen molar-refractivity contribution in [3.05, 3.63) is 82.1 Å². The molecule has 0 aliphatic rings. The van der Waals surface area contributed by atoms with Gasteiger partial charge in [-0.25, -0.2) is 0 Å². The van der Waals surface area contributed by atoms with Gasteiger partial charge in [0, 0.05) is 22.6 Å². The Hall–Kier alpha value is -2.86. The summed E-state index contributed by atoms with van der Waals surface area (Å²) in [5.41, 5.74) is 3.99. The topological polar surface area (TPSA) is 60.5 Å². The van der Waals surface area contributed by atoms with E-state index in [-0.39, 0.29) is 12.3 Å². The van der Waals surface area contributed by atoms with Gasteiger partial charge < -0.3 is 14.8 Å². The number of carbonyl (C=O) groups excluding carboxylic acids is 1. The summed E-state index contributed by atoms with van der Waals surface area (Å²) in [6, 6.07) is 15.6. The number of hydrogen-bond acceptors (Lipinski definition) is 4. The van der Waals surface area contributed by atoms with Gasteiger partial charge in [-0.3, -0.25) is 9.78 Å². The van der Waals surface area contributed by atoms with Crippen molar-refractivity contribution in [3.8, 4) is 11.5 Å². The minimum absolute atomic E-state index is 0.0933. The first-order chi connectivity index (χ1) is 14.6. The van der Waals surface area contributed by atoms with Gasteiger partial charge in [-0.1, -0.05) is 28.1 Å². The molecule has 1 amide bonds. The van der Waals surface area contributed by atoms with Crippen LogP contribution >= 0.6 is 15.9 Å². The molecule has 3 rings (SSSR count). The molecule has 0 saturated heterocycles. The number of hydrogen-bond donors (Lipinski definition) is 1. The summed E-state index contributed by atoms with van der Waals surface area (Å²) >= 11 is 3.54. The number of nitrogens with zero attached hydrogens (tertiary/aromatic N) is 1. The Labute approximate surface area is 185 Å². The van der Waals surface area contributed by atoms with E-state index in [1.54, 1.807) is 12.4 Å². The Morgan fingerprint density at radius 1 is 0.933 bits per heavy atom. The van der Waals surface area contributed by atoms with Crippen LogP contribution in [0, 0.1) is 0 Å². The quantitative estimate of drug-likeness (QED) is 0.455. The Morgan fingerprint density at radius 3 is 2.17 bits per heavy atom. The van der Waals surface area contributed by atoms with Gasteiger partial charge >= 0.3 is 0 Å². The second-order valence-electron chi connectivity index (χ2n) is 6.71. The Bertz CT molecular complexity index is 976. The van der Waals surface area contributed by atoms with Crippen molar-refractivity contribution in [2.24, 2.45) is 0 Å². The zero-order valence-electron chi connectivity index (χ0n) is 17.2. The highest BCUT2D eigenvalue weighted by atomic mass is 79.9. The highest BCUT2D eigenvalue weighted by Crippen LogP contribution is 2.34. The predicted molar refractivity (Wildman–Crippen MR) is 122 cm³/mol. The lowest BCUT2D eigenvalue weighted by molar-refractivity contribution is -0.115. The minimum Gasteiger partial charge on any atom is -0.490 e. The van der Waals surface area contributed by atoms with Crippen LogP contribution in [0.4, 0.5) is 5.69 Å². The zero-order chi connectivity index (χ0) is 21.3. The van der Waals surface area contributed by atoms with Crippen LogP contribution in [-0.4, -0.2) is 24.1 Å². The fraction of sp³-hybridized carbons (Fsp3) is 0.250. The molecule has 0 aliphatic carbocycles. The highest BCUT2D eigenvalue weighted by molar-refractivity contribution is 9.10. The first kappa shape index (κ1) is 21.8. The molecule has 0 aliphatic heterocycles. The SMILES string of the molecule is CCOc1cc(Br)c(CC(=O)Nc2ccc(Cc3ccncc3)cc2)cc1OCC. The molecule has 0 fully saturated rings. The van der Waals surface area contributed by atoms with Crippen molar-refractivity contribution in [3.63, 3.8) is 0 Å². The van der Waals surface area contributed by atoms with Crippen LogP contribution in [-0.2, 0) is 17.6 Å². The lowest BCUT2D eigenvalue weighted by atomic mass is 10.1. The standard InChI is InChI=1S/C24H25BrN2O3/c1-3-29-22-14-19(21(25)16-23(22)30-4-2)15-24(28)27-20-7-5-17(6-8-20)13-18-9-11-26-12-10-18/h5-12,14,16H,3-4,13,15H2,1-2H3,(H,27,28). The molecule has 3 aromatic rings. The van der Waals surface area contributed by atoms with E-state index < -0.39 is 0 Å². The molecule has 0 atom stereocenters. The predicted octanol–water partition coefficient (Wildman–Crippen LogP) is 5.41. The van der Waals surface area contributed by atoms with Crippen molar-refractivity contribution in [1.82, 2.24) is 4.98 Å². The lowest BCUT2D eigenvalue weighted by Gasteiger charge is -2.14. The van der Waals surface area contributed by atoms with Crippen LogP contribution in [0.5, 0.6) is 11.5 Å². The van der Waals surface area contributed by atoms with Crippen molar-refractivity contribution >= 4 is 27.5 Å². The Kier molecular flexibility index (Phi) is 7.85. The number of rotatable bonds is 9. The van der Waals surface area contributed by atoms with E-state index >= 15 is 0 Å². The second kappa shape index (κ2) is 10.8. The summed E-state index contributed by atoms with van der Waals surface area (Å²) in [5.74, 6) is 1.22. The van der Waals surface area contributed by atoms with E-state index in [1.807, 2.05) is 62.4 Å². The maximum Gasteiger partial charge on any atom is 0.228 e. The van der Waals surface area contributed by atoms with Crippen molar-refractivity contribution in [2.75, 3.05) is 18.5 Å². The average Bonchev–Trinajstić information content (AvgIpc) is 2.74. The fourth-order valence-corrected chi connectivity index (χ4v) is 3.53. The highest BCUT2D eigenvalue weighted by Gasteiger charge is 2.14. The molecule has 0 spiro atoms. The molecular formula is C24H25BrN2O3. The minimum atomic E-state index is -0.0933. The van der Waals surface area contributed by atoms with Gasteiger partial charge in [0.1, 0.15) is 0 Å². The van der Waals surface area contributed by atoms with Crippen LogP contribution in [0.1, 0.15) is 30.5 Å². The van der Waals surface area contributed by atoms with Gasteiger partial charge in [0.25, 0.3) is 0 Å². The van der Waals surface area contributed by atoms with Gasteiger partial charge in [-0.05, 0) is 73.4 Å². The number of anilines is 1. The molecule has 30 heavy (non-hydrogen) atoms. The van der Waals surface area contributed by atoms with E-state index in [1.165, 1.54) is 11.1 Å². The molecule has 0 saturated carbocycles. The molecule has 6 heteroatoms. The molecule has 2 aromatic carbocycles. The Balaban J connectivity index is 1.64. The van der Waals surface area contributed by atoms with Crippen molar-refractivity contribution < 1.29 is 14.3 Å². The third kappa shape index (κ3) is 6.07. The summed E-state index contributed by atoms with van der Waals surface area (Å²) < 4.78 is 12.1. The van der Waals surface area contributed by atoms with Crippen LogP contribution in [0.25, 0.3) is 0 Å². The zero-order valence-corrected chi connectivity index (χ0v) is 18.7. The number of pyridine rings is 1. The number of nitrogens with one attached hydrogen (secondary N) is 1. The number of carbonyl (C=O) groups is 1. The number of aromatic nitrogens is 1. The lowest BCUT2D eigenvalue weighted by Crippen LogP contribution is -2.15. The normalized spacial score (nSPS) is 10.5. The first-order valence-electron chi connectivity index (χ1n) is 9.94. The molecule has 1 heterocycles. The van der Waals surface area contributed by atoms with E-state index in [0.717, 1.165) is 22.1 Å². The molecule has 1 aromatic heterocycles. The summed E-state index contributed by atoms with van der Waals surface area (Å²) in [6.07, 6.45) is 4.64. The number of benzene rings is 2. The van der Waals surface area contributed by atoms with E-state index in [2.05, 4.69) is 26.2 Å². The first-order valence-corrected chi connectivity index (χ1v) is 10.7. The maximum absolute atomic E-state index is 12.6. The average molecular weight is 469 g/mol. The van der Waals surface area contributed by atoms with Crippen LogP contribution in [0.3, 0.4) is 0 Å². The molecule has 5 nitrogen and oxygen atoms in total. The third-order valence-corrected chi connectivity index (χ3v) is 5.20. The van der Waals surface area contributed by atoms with Gasteiger partial charge in [0.15, 0.2) is 11.5 Å². The summed E-state index contributed by atoms with van der Waals surface area (Å²) in [7, 11) is 0. The van der Waals surface area contributed by atoms with E-state index in [4.69, 9.17) is 9.47 Å². The fourth-order valence-electron chi connectivity index (χ4n) is 3.07. The van der Waals surface area contributed by atoms with Crippen LogP contribution in [0.2, 0.25) is 0 Å². The van der Waals surface area contributed by atoms with Crippen LogP contribution < -0.4 is 14.8 Å². The molecule has 156 valence electrons. The van der Waals surface area contributed by atoms with Crippen molar-refractivity contribution in [2.45, 2.75) is 26.7 Å². The maximum atomic E-state index is 12.6. The molecule has 1 N–H and O–H groups in total. The van der Waals surface area contributed by atoms with Crippen LogP contribution in [0.15, 0.2) is 65.4 Å². The number of halogens is 1. The Morgan fingerprint density at radius 2 is 1.53 bits per heavy atom. The number of amides is 1. The molecule has 0 unspecified atom stereocenters. The van der Waals surface area contributed by atoms with Gasteiger partial charge in [0.2, 0.25) is 5.91 Å². The second-order valence-corrected chi connectivity index (χ2v) is 7.56. The molecule has 0 radical (unpaired) electrons. The molecule has 0 bridgehead atoms. The summed E-state index contributed by atoms with van der Waals surface area (Å²) in [5, 5.41) is 2.96. The third-order valence-electron chi connectivity index (χ3n) is 4.46.